The summed E-state index contributed by atoms with van der Waals surface area (Å²) in [4.78, 5) is 16.4. The number of aryl methyl sites for hydroxylation is 1. The minimum Gasteiger partial charge on any atom is -0.443 e. The summed E-state index contributed by atoms with van der Waals surface area (Å²) in [6.45, 7) is 5.47. The predicted molar refractivity (Wildman–Crippen MR) is 108 cm³/mol. The van der Waals surface area contributed by atoms with Crippen molar-refractivity contribution in [3.05, 3.63) is 65.5 Å². The van der Waals surface area contributed by atoms with Gasteiger partial charge in [-0.3, -0.25) is 9.80 Å². The van der Waals surface area contributed by atoms with Gasteiger partial charge in [-0.15, -0.1) is 0 Å². The van der Waals surface area contributed by atoms with Crippen LogP contribution in [-0.2, 0) is 11.2 Å². The number of hydrogen-bond acceptors (Lipinski definition) is 3. The first-order valence-electron chi connectivity index (χ1n) is 10.1. The van der Waals surface area contributed by atoms with Crippen LogP contribution in [0.3, 0.4) is 0 Å². The molecule has 5 heteroatoms. The maximum Gasteiger partial charge on any atom is 0.414 e. The Labute approximate surface area is 165 Å². The highest BCUT2D eigenvalue weighted by molar-refractivity contribution is 5.89. The summed E-state index contributed by atoms with van der Waals surface area (Å²) in [5.74, 6) is 0.459. The highest BCUT2D eigenvalue weighted by Crippen LogP contribution is 2.25. The SMILES string of the molecule is Cc1ccc(N2C[C@H](CN3CCC(Cc4ccc(F)cc4)CC3)OC2=O)cc1. The second-order valence-corrected chi connectivity index (χ2v) is 8.03. The Morgan fingerprint density at radius 3 is 2.39 bits per heavy atom. The topological polar surface area (TPSA) is 32.8 Å². The molecule has 0 aliphatic carbocycles. The van der Waals surface area contributed by atoms with Crippen LogP contribution in [0.1, 0.15) is 24.0 Å². The molecule has 0 N–H and O–H groups in total. The van der Waals surface area contributed by atoms with Gasteiger partial charge in [0.25, 0.3) is 0 Å². The molecule has 2 aliphatic rings. The van der Waals surface area contributed by atoms with Crippen molar-refractivity contribution in [3.63, 3.8) is 0 Å². The lowest BCUT2D eigenvalue weighted by atomic mass is 9.90. The van der Waals surface area contributed by atoms with E-state index in [1.165, 1.54) is 11.1 Å². The van der Waals surface area contributed by atoms with E-state index in [4.69, 9.17) is 4.74 Å². The molecule has 2 aromatic carbocycles. The Kier molecular flexibility index (Phi) is 5.62. The summed E-state index contributed by atoms with van der Waals surface area (Å²) in [7, 11) is 0. The fourth-order valence-corrected chi connectivity index (χ4v) is 4.17. The normalized spacial score (nSPS) is 21.1. The van der Waals surface area contributed by atoms with Gasteiger partial charge in [0.05, 0.1) is 6.54 Å². The lowest BCUT2D eigenvalue weighted by Gasteiger charge is -2.33. The van der Waals surface area contributed by atoms with Crippen LogP contribution in [0.5, 0.6) is 0 Å². The molecule has 1 atom stereocenters. The van der Waals surface area contributed by atoms with Crippen LogP contribution in [-0.4, -0.2) is 43.3 Å². The number of likely N-dealkylation sites (tertiary alicyclic amines) is 1. The number of nitrogens with zero attached hydrogens (tertiary/aromatic N) is 2. The molecule has 2 heterocycles. The molecule has 0 unspecified atom stereocenters. The number of rotatable bonds is 5. The molecule has 4 nitrogen and oxygen atoms in total. The zero-order chi connectivity index (χ0) is 19.5. The monoisotopic (exact) mass is 382 g/mol. The summed E-state index contributed by atoms with van der Waals surface area (Å²) in [5, 5.41) is 0. The molecule has 0 spiro atoms. The van der Waals surface area contributed by atoms with E-state index < -0.39 is 0 Å². The fourth-order valence-electron chi connectivity index (χ4n) is 4.17. The number of hydrogen-bond donors (Lipinski definition) is 0. The first kappa shape index (κ1) is 18.9. The summed E-state index contributed by atoms with van der Waals surface area (Å²) in [5.41, 5.74) is 3.28. The molecule has 28 heavy (non-hydrogen) atoms. The highest BCUT2D eigenvalue weighted by Gasteiger charge is 2.34. The van der Waals surface area contributed by atoms with E-state index in [-0.39, 0.29) is 18.0 Å². The third-order valence-corrected chi connectivity index (χ3v) is 5.83. The van der Waals surface area contributed by atoms with Crippen molar-refractivity contribution in [1.29, 1.82) is 0 Å². The number of cyclic esters (lactones) is 1. The van der Waals surface area contributed by atoms with E-state index in [0.717, 1.165) is 44.6 Å². The third-order valence-electron chi connectivity index (χ3n) is 5.83. The average Bonchev–Trinajstić information content (AvgIpc) is 3.06. The number of amides is 1. The molecule has 2 fully saturated rings. The van der Waals surface area contributed by atoms with Crippen LogP contribution < -0.4 is 4.90 Å². The number of carbonyl (C=O) groups is 1. The first-order chi connectivity index (χ1) is 13.6. The molecular weight excluding hydrogens is 355 g/mol. The molecule has 0 aromatic heterocycles. The quantitative estimate of drug-likeness (QED) is 0.768. The number of piperidine rings is 1. The van der Waals surface area contributed by atoms with Crippen molar-refractivity contribution in [3.8, 4) is 0 Å². The molecule has 0 radical (unpaired) electrons. The third kappa shape index (κ3) is 4.53. The zero-order valence-corrected chi connectivity index (χ0v) is 16.3. The van der Waals surface area contributed by atoms with Crippen LogP contribution in [0.4, 0.5) is 14.9 Å². The van der Waals surface area contributed by atoms with E-state index in [1.807, 2.05) is 43.3 Å². The van der Waals surface area contributed by atoms with E-state index in [9.17, 15) is 9.18 Å². The standard InChI is InChI=1S/C23H27FN2O2/c1-17-2-8-21(9-3-17)26-16-22(28-23(26)27)15-25-12-10-19(11-13-25)14-18-4-6-20(24)7-5-18/h2-9,19,22H,10-16H2,1H3/t22-/m0/s1. The maximum absolute atomic E-state index is 13.0. The van der Waals surface area contributed by atoms with Crippen LogP contribution in [0.2, 0.25) is 0 Å². The van der Waals surface area contributed by atoms with Gasteiger partial charge in [-0.05, 0) is 75.0 Å². The van der Waals surface area contributed by atoms with Gasteiger partial charge in [0, 0.05) is 12.2 Å². The Balaban J connectivity index is 1.25. The summed E-state index contributed by atoms with van der Waals surface area (Å²) in [6, 6.07) is 14.8. The van der Waals surface area contributed by atoms with Crippen molar-refractivity contribution < 1.29 is 13.9 Å². The van der Waals surface area contributed by atoms with E-state index >= 15 is 0 Å². The summed E-state index contributed by atoms with van der Waals surface area (Å²) in [6.07, 6.45) is 2.93. The minimum absolute atomic E-state index is 0.0811. The second-order valence-electron chi connectivity index (χ2n) is 8.03. The molecule has 2 aliphatic heterocycles. The van der Waals surface area contributed by atoms with Gasteiger partial charge >= 0.3 is 6.09 Å². The van der Waals surface area contributed by atoms with Gasteiger partial charge in [-0.1, -0.05) is 29.8 Å². The van der Waals surface area contributed by atoms with E-state index in [0.29, 0.717) is 12.5 Å². The van der Waals surface area contributed by atoms with Crippen molar-refractivity contribution in [1.82, 2.24) is 4.90 Å². The van der Waals surface area contributed by atoms with Crippen molar-refractivity contribution in [2.45, 2.75) is 32.3 Å². The number of halogens is 1. The largest absolute Gasteiger partial charge is 0.443 e. The fraction of sp³-hybridized carbons (Fsp3) is 0.435. The maximum atomic E-state index is 13.0. The predicted octanol–water partition coefficient (Wildman–Crippen LogP) is 4.41. The molecule has 148 valence electrons. The zero-order valence-electron chi connectivity index (χ0n) is 16.3. The Morgan fingerprint density at radius 2 is 1.71 bits per heavy atom. The second kappa shape index (κ2) is 8.31. The number of anilines is 1. The van der Waals surface area contributed by atoms with E-state index in [1.54, 1.807) is 17.0 Å². The van der Waals surface area contributed by atoms with Gasteiger partial charge in [0.1, 0.15) is 11.9 Å². The Hall–Kier alpha value is -2.40. The molecule has 0 bridgehead atoms. The average molecular weight is 382 g/mol. The Bertz CT molecular complexity index is 798. The van der Waals surface area contributed by atoms with Gasteiger partial charge in [0.2, 0.25) is 0 Å². The molecule has 2 aromatic rings. The Morgan fingerprint density at radius 1 is 1.04 bits per heavy atom. The van der Waals surface area contributed by atoms with Crippen LogP contribution in [0.25, 0.3) is 0 Å². The van der Waals surface area contributed by atoms with Crippen molar-refractivity contribution in [2.75, 3.05) is 31.1 Å². The van der Waals surface area contributed by atoms with Gasteiger partial charge < -0.3 is 4.74 Å². The smallest absolute Gasteiger partial charge is 0.414 e. The number of carbonyl (C=O) groups excluding carboxylic acids is 1. The highest BCUT2D eigenvalue weighted by atomic mass is 19.1. The molecule has 4 rings (SSSR count). The lowest BCUT2D eigenvalue weighted by molar-refractivity contribution is 0.0914. The molecule has 1 amide bonds. The molecular formula is C23H27FN2O2. The number of benzene rings is 2. The molecule has 2 saturated heterocycles. The van der Waals surface area contributed by atoms with Crippen LogP contribution in [0, 0.1) is 18.7 Å². The summed E-state index contributed by atoms with van der Waals surface area (Å²) >= 11 is 0. The first-order valence-corrected chi connectivity index (χ1v) is 10.1. The van der Waals surface area contributed by atoms with Crippen molar-refractivity contribution in [2.24, 2.45) is 5.92 Å². The number of ether oxygens (including phenoxy) is 1. The minimum atomic E-state index is -0.250. The van der Waals surface area contributed by atoms with Gasteiger partial charge in [-0.25, -0.2) is 9.18 Å². The van der Waals surface area contributed by atoms with Crippen LogP contribution in [0.15, 0.2) is 48.5 Å². The van der Waals surface area contributed by atoms with Crippen LogP contribution >= 0.6 is 0 Å². The lowest BCUT2D eigenvalue weighted by Crippen LogP contribution is -2.40. The molecule has 0 saturated carbocycles. The van der Waals surface area contributed by atoms with Crippen molar-refractivity contribution >= 4 is 11.8 Å². The van der Waals surface area contributed by atoms with Gasteiger partial charge in [-0.2, -0.15) is 0 Å². The van der Waals surface area contributed by atoms with E-state index in [2.05, 4.69) is 4.90 Å². The van der Waals surface area contributed by atoms with Gasteiger partial charge in [0.15, 0.2) is 0 Å². The summed E-state index contributed by atoms with van der Waals surface area (Å²) < 4.78 is 18.7.